The molecule has 1 fully saturated rings. The molecule has 0 spiro atoms. The topological polar surface area (TPSA) is 95.9 Å². The molecule has 1 aliphatic rings. The molecule has 0 radical (unpaired) electrons. The fraction of sp³-hybridized carbons (Fsp3) is 0.500. The van der Waals surface area contributed by atoms with E-state index in [1.54, 1.807) is 12.1 Å². The van der Waals surface area contributed by atoms with Crippen LogP contribution in [0, 0.1) is 0 Å². The highest BCUT2D eigenvalue weighted by molar-refractivity contribution is 7.87. The second-order valence-corrected chi connectivity index (χ2v) is 7.53. The summed E-state index contributed by atoms with van der Waals surface area (Å²) < 4.78 is 34.0. The van der Waals surface area contributed by atoms with Gasteiger partial charge in [0.15, 0.2) is 0 Å². The Kier molecular flexibility index (Phi) is 4.86. The van der Waals surface area contributed by atoms with Crippen molar-refractivity contribution in [2.45, 2.75) is 26.0 Å². The number of carbonyl (C=O) groups is 1. The zero-order chi connectivity index (χ0) is 16.4. The smallest absolute Gasteiger partial charge is 0.335 e. The normalized spacial score (nSPS) is 19.0. The average Bonchev–Trinajstić information content (AvgIpc) is 2.44. The lowest BCUT2D eigenvalue weighted by molar-refractivity contribution is -0.0643. The number of rotatable bonds is 5. The molecule has 1 aliphatic heterocycles. The largest absolute Gasteiger partial charge is 0.478 e. The van der Waals surface area contributed by atoms with Crippen molar-refractivity contribution < 1.29 is 23.1 Å². The van der Waals surface area contributed by atoms with Gasteiger partial charge in [0.1, 0.15) is 0 Å². The highest BCUT2D eigenvalue weighted by atomic mass is 32.2. The molecule has 7 nitrogen and oxygen atoms in total. The molecule has 0 amide bonds. The minimum absolute atomic E-state index is 0.0429. The van der Waals surface area contributed by atoms with Gasteiger partial charge in [0, 0.05) is 19.6 Å². The van der Waals surface area contributed by atoms with Gasteiger partial charge < -0.3 is 9.84 Å². The van der Waals surface area contributed by atoms with Crippen molar-refractivity contribution >= 4 is 16.2 Å². The van der Waals surface area contributed by atoms with Crippen LogP contribution < -0.4 is 4.72 Å². The van der Waals surface area contributed by atoms with E-state index < -0.39 is 21.8 Å². The van der Waals surface area contributed by atoms with Gasteiger partial charge in [-0.05, 0) is 31.5 Å². The van der Waals surface area contributed by atoms with Crippen LogP contribution in [0.15, 0.2) is 24.3 Å². The van der Waals surface area contributed by atoms with Gasteiger partial charge in [-0.25, -0.2) is 4.79 Å². The van der Waals surface area contributed by atoms with Crippen molar-refractivity contribution in [3.8, 4) is 0 Å². The number of hydrogen-bond donors (Lipinski definition) is 2. The number of morpholine rings is 1. The van der Waals surface area contributed by atoms with Gasteiger partial charge in [-0.2, -0.15) is 17.4 Å². The van der Waals surface area contributed by atoms with Crippen LogP contribution >= 0.6 is 0 Å². The lowest BCUT2D eigenvalue weighted by atomic mass is 10.1. The molecule has 122 valence electrons. The van der Waals surface area contributed by atoms with Crippen molar-refractivity contribution in [2.75, 3.05) is 19.7 Å². The Morgan fingerprint density at radius 1 is 1.45 bits per heavy atom. The van der Waals surface area contributed by atoms with Gasteiger partial charge in [0.2, 0.25) is 0 Å². The first kappa shape index (κ1) is 16.9. The van der Waals surface area contributed by atoms with Crippen LogP contribution in [0.4, 0.5) is 0 Å². The first-order valence-electron chi connectivity index (χ1n) is 6.91. The van der Waals surface area contributed by atoms with Crippen molar-refractivity contribution in [2.24, 2.45) is 0 Å². The molecule has 0 aliphatic carbocycles. The van der Waals surface area contributed by atoms with E-state index in [1.807, 2.05) is 13.8 Å². The molecular weight excluding hydrogens is 308 g/mol. The number of carboxylic acids is 1. The predicted molar refractivity (Wildman–Crippen MR) is 80.8 cm³/mol. The zero-order valence-corrected chi connectivity index (χ0v) is 13.4. The minimum atomic E-state index is -3.63. The quantitative estimate of drug-likeness (QED) is 0.834. The van der Waals surface area contributed by atoms with Crippen LogP contribution in [0.3, 0.4) is 0 Å². The van der Waals surface area contributed by atoms with Crippen LogP contribution in [-0.4, -0.2) is 49.1 Å². The lowest BCUT2D eigenvalue weighted by Crippen LogP contribution is -2.53. The Morgan fingerprint density at radius 3 is 2.82 bits per heavy atom. The molecule has 2 N–H and O–H groups in total. The molecule has 8 heteroatoms. The van der Waals surface area contributed by atoms with Crippen LogP contribution in [0.1, 0.15) is 29.8 Å². The summed E-state index contributed by atoms with van der Waals surface area (Å²) in [5.74, 6) is -1.04. The molecule has 22 heavy (non-hydrogen) atoms. The number of aromatic carboxylic acids is 1. The van der Waals surface area contributed by atoms with Gasteiger partial charge in [-0.3, -0.25) is 0 Å². The maximum absolute atomic E-state index is 12.3. The first-order valence-corrected chi connectivity index (χ1v) is 8.35. The fourth-order valence-corrected chi connectivity index (χ4v) is 3.59. The standard InChI is InChI=1S/C14H20N2O5S/c1-14(2)10-16(6-7-21-14)22(19,20)15-9-11-4-3-5-12(8-11)13(17)18/h3-5,8,15H,6-7,9-10H2,1-2H3,(H,17,18). The number of hydrogen-bond acceptors (Lipinski definition) is 4. The molecular formula is C14H20N2O5S. The lowest BCUT2D eigenvalue weighted by Gasteiger charge is -2.37. The fourth-order valence-electron chi connectivity index (χ4n) is 2.26. The molecule has 1 aromatic carbocycles. The number of carboxylic acid groups (broad SMARTS) is 1. The van der Waals surface area contributed by atoms with Gasteiger partial charge >= 0.3 is 5.97 Å². The molecule has 2 rings (SSSR count). The Bertz CT molecular complexity index is 657. The molecule has 1 saturated heterocycles. The number of benzene rings is 1. The van der Waals surface area contributed by atoms with E-state index in [0.717, 1.165) is 0 Å². The van der Waals surface area contributed by atoms with E-state index in [1.165, 1.54) is 16.4 Å². The minimum Gasteiger partial charge on any atom is -0.478 e. The van der Waals surface area contributed by atoms with E-state index >= 15 is 0 Å². The summed E-state index contributed by atoms with van der Waals surface area (Å²) >= 11 is 0. The maximum Gasteiger partial charge on any atom is 0.335 e. The second kappa shape index (κ2) is 6.33. The van der Waals surface area contributed by atoms with Gasteiger partial charge in [0.25, 0.3) is 10.2 Å². The van der Waals surface area contributed by atoms with Crippen molar-refractivity contribution in [1.82, 2.24) is 9.03 Å². The van der Waals surface area contributed by atoms with E-state index in [-0.39, 0.29) is 18.7 Å². The molecule has 0 bridgehead atoms. The average molecular weight is 328 g/mol. The molecule has 0 aromatic heterocycles. The summed E-state index contributed by atoms with van der Waals surface area (Å²) in [6.45, 7) is 4.64. The third-order valence-electron chi connectivity index (χ3n) is 3.36. The predicted octanol–water partition coefficient (Wildman–Crippen LogP) is 0.830. The molecule has 0 atom stereocenters. The van der Waals surface area contributed by atoms with E-state index in [4.69, 9.17) is 9.84 Å². The van der Waals surface area contributed by atoms with Gasteiger partial charge in [-0.1, -0.05) is 12.1 Å². The van der Waals surface area contributed by atoms with Crippen LogP contribution in [0.5, 0.6) is 0 Å². The molecule has 0 saturated carbocycles. The highest BCUT2D eigenvalue weighted by Gasteiger charge is 2.33. The number of ether oxygens (including phenoxy) is 1. The van der Waals surface area contributed by atoms with E-state index in [0.29, 0.717) is 18.7 Å². The molecule has 1 aromatic rings. The number of nitrogens with one attached hydrogen (secondary N) is 1. The SMILES string of the molecule is CC1(C)CN(S(=O)(=O)NCc2cccc(C(=O)O)c2)CCO1. The Labute approximate surface area is 130 Å². The Morgan fingerprint density at radius 2 is 2.18 bits per heavy atom. The Hall–Kier alpha value is -1.48. The molecule has 1 heterocycles. The summed E-state index contributed by atoms with van der Waals surface area (Å²) in [6, 6.07) is 6.18. The van der Waals surface area contributed by atoms with Gasteiger partial charge in [-0.15, -0.1) is 0 Å². The Balaban J connectivity index is 2.03. The van der Waals surface area contributed by atoms with Crippen molar-refractivity contribution in [3.05, 3.63) is 35.4 Å². The highest BCUT2D eigenvalue weighted by Crippen LogP contribution is 2.18. The van der Waals surface area contributed by atoms with Crippen molar-refractivity contribution in [1.29, 1.82) is 0 Å². The zero-order valence-electron chi connectivity index (χ0n) is 12.6. The molecule has 0 unspecified atom stereocenters. The van der Waals surface area contributed by atoms with Crippen LogP contribution in [0.25, 0.3) is 0 Å². The third-order valence-corrected chi connectivity index (χ3v) is 4.86. The van der Waals surface area contributed by atoms with E-state index in [9.17, 15) is 13.2 Å². The van der Waals surface area contributed by atoms with Crippen LogP contribution in [-0.2, 0) is 21.5 Å². The summed E-state index contributed by atoms with van der Waals surface area (Å²) in [7, 11) is -3.63. The maximum atomic E-state index is 12.3. The van der Waals surface area contributed by atoms with Gasteiger partial charge in [0.05, 0.1) is 17.8 Å². The second-order valence-electron chi connectivity index (χ2n) is 5.77. The van der Waals surface area contributed by atoms with E-state index in [2.05, 4.69) is 4.72 Å². The summed E-state index contributed by atoms with van der Waals surface area (Å²) in [6.07, 6.45) is 0. The summed E-state index contributed by atoms with van der Waals surface area (Å²) in [5, 5.41) is 8.94. The monoisotopic (exact) mass is 328 g/mol. The first-order chi connectivity index (χ1) is 10.2. The third kappa shape index (κ3) is 4.26. The number of nitrogens with zero attached hydrogens (tertiary/aromatic N) is 1. The summed E-state index contributed by atoms with van der Waals surface area (Å²) in [4.78, 5) is 10.9. The van der Waals surface area contributed by atoms with Crippen molar-refractivity contribution in [3.63, 3.8) is 0 Å². The van der Waals surface area contributed by atoms with Crippen LogP contribution in [0.2, 0.25) is 0 Å². The summed E-state index contributed by atoms with van der Waals surface area (Å²) in [5.41, 5.74) is 0.205.